The van der Waals surface area contributed by atoms with Crippen molar-refractivity contribution in [2.45, 2.75) is 0 Å². The largest absolute Gasteiger partial charge is 0.416 e. The van der Waals surface area contributed by atoms with Gasteiger partial charge in [-0.3, -0.25) is 4.79 Å². The number of hydrogen-bond donors (Lipinski definition) is 0. The summed E-state index contributed by atoms with van der Waals surface area (Å²) in [6.45, 7) is 0.375. The predicted octanol–water partition coefficient (Wildman–Crippen LogP) is 1.44. The first-order valence-electron chi connectivity index (χ1n) is 2.04. The average Bonchev–Trinajstić information content (AvgIpc) is 2.17. The Labute approximate surface area is 63.8 Å². The van der Waals surface area contributed by atoms with E-state index in [1.54, 1.807) is 0 Å². The van der Waals surface area contributed by atoms with Crippen molar-refractivity contribution in [3.8, 4) is 5.06 Å². The lowest BCUT2D eigenvalue weighted by atomic mass is 10.9. The lowest BCUT2D eigenvalue weighted by Crippen LogP contribution is -1.82. The molecule has 0 bridgehead atoms. The van der Waals surface area contributed by atoms with Crippen molar-refractivity contribution in [2.75, 3.05) is 0 Å². The van der Waals surface area contributed by atoms with Gasteiger partial charge in [0, 0.05) is 0 Å². The molecule has 0 amide bonds. The minimum Gasteiger partial charge on any atom is -0.416 e. The normalized spacial score (nSPS) is 9.00. The van der Waals surface area contributed by atoms with Crippen LogP contribution in [0.5, 0.6) is 5.06 Å². The summed E-state index contributed by atoms with van der Waals surface area (Å²) in [4.78, 5) is 13.5. The van der Waals surface area contributed by atoms with Crippen molar-refractivity contribution < 1.29 is 9.53 Å². The molecule has 0 atom stereocenters. The van der Waals surface area contributed by atoms with Crippen molar-refractivity contribution in [3.05, 3.63) is 10.1 Å². The van der Waals surface area contributed by atoms with Gasteiger partial charge in [-0.25, -0.2) is 4.98 Å². The van der Waals surface area contributed by atoms with Crippen LogP contribution in [0.4, 0.5) is 0 Å². The fourth-order valence-electron chi connectivity index (χ4n) is 0.341. The molecule has 0 radical (unpaired) electrons. The summed E-state index contributed by atoms with van der Waals surface area (Å²) in [5, 5.41) is 0.497. The van der Waals surface area contributed by atoms with E-state index in [9.17, 15) is 4.79 Å². The Bertz CT molecular complexity index is 212. The summed E-state index contributed by atoms with van der Waals surface area (Å²) >= 11 is 4.38. The average molecular weight is 208 g/mol. The molecule has 3 nitrogen and oxygen atoms in total. The Morgan fingerprint density at radius 2 is 2.67 bits per heavy atom. The molecule has 0 spiro atoms. The molecule has 0 unspecified atom stereocenters. The number of carbonyl (C=O) groups is 1. The maximum absolute atomic E-state index is 9.72. The molecule has 0 aliphatic heterocycles. The van der Waals surface area contributed by atoms with Gasteiger partial charge in [0.1, 0.15) is 0 Å². The van der Waals surface area contributed by atoms with E-state index in [4.69, 9.17) is 0 Å². The Balaban J connectivity index is 2.72. The highest BCUT2D eigenvalue weighted by molar-refractivity contribution is 9.11. The van der Waals surface area contributed by atoms with E-state index >= 15 is 0 Å². The molecule has 5 heteroatoms. The van der Waals surface area contributed by atoms with Crippen LogP contribution in [0.25, 0.3) is 0 Å². The van der Waals surface area contributed by atoms with E-state index in [1.807, 2.05) is 0 Å². The van der Waals surface area contributed by atoms with E-state index in [0.29, 0.717) is 15.5 Å². The topological polar surface area (TPSA) is 39.2 Å². The van der Waals surface area contributed by atoms with Gasteiger partial charge >= 0.3 is 0 Å². The SMILES string of the molecule is O=COc1cnc(Br)s1. The highest BCUT2D eigenvalue weighted by atomic mass is 79.9. The highest BCUT2D eigenvalue weighted by Gasteiger charge is 1.96. The van der Waals surface area contributed by atoms with Crippen molar-refractivity contribution in [3.63, 3.8) is 0 Å². The van der Waals surface area contributed by atoms with Crippen molar-refractivity contribution in [1.82, 2.24) is 4.98 Å². The monoisotopic (exact) mass is 207 g/mol. The zero-order valence-corrected chi connectivity index (χ0v) is 6.61. The first-order chi connectivity index (χ1) is 4.33. The Kier molecular flexibility index (Phi) is 2.18. The van der Waals surface area contributed by atoms with E-state index < -0.39 is 0 Å². The molecule has 1 aromatic heterocycles. The lowest BCUT2D eigenvalue weighted by molar-refractivity contribution is -0.120. The summed E-state index contributed by atoms with van der Waals surface area (Å²) in [5.41, 5.74) is 0. The molecule has 0 aliphatic carbocycles. The predicted molar refractivity (Wildman–Crippen MR) is 36.5 cm³/mol. The van der Waals surface area contributed by atoms with E-state index in [-0.39, 0.29) is 0 Å². The first kappa shape index (κ1) is 6.70. The quantitative estimate of drug-likeness (QED) is 0.690. The number of thiazole rings is 1. The van der Waals surface area contributed by atoms with Gasteiger partial charge in [-0.15, -0.1) is 0 Å². The van der Waals surface area contributed by atoms with Crippen LogP contribution >= 0.6 is 27.3 Å². The van der Waals surface area contributed by atoms with E-state index in [2.05, 4.69) is 25.7 Å². The van der Waals surface area contributed by atoms with Crippen LogP contribution in [0.3, 0.4) is 0 Å². The number of aromatic nitrogens is 1. The molecule has 48 valence electrons. The summed E-state index contributed by atoms with van der Waals surface area (Å²) in [6.07, 6.45) is 1.48. The van der Waals surface area contributed by atoms with Gasteiger partial charge in [-0.1, -0.05) is 11.3 Å². The molecule has 9 heavy (non-hydrogen) atoms. The lowest BCUT2D eigenvalue weighted by Gasteiger charge is -1.83. The highest BCUT2D eigenvalue weighted by Crippen LogP contribution is 2.24. The zero-order valence-electron chi connectivity index (χ0n) is 4.20. The van der Waals surface area contributed by atoms with E-state index in [0.717, 1.165) is 0 Å². The second kappa shape index (κ2) is 2.93. The molecule has 0 saturated heterocycles. The van der Waals surface area contributed by atoms with Crippen LogP contribution < -0.4 is 4.74 Å². The maximum Gasteiger partial charge on any atom is 0.299 e. The molecule has 1 rings (SSSR count). The third kappa shape index (κ3) is 1.76. The fraction of sp³-hybridized carbons (Fsp3) is 0. The minimum atomic E-state index is 0.375. The van der Waals surface area contributed by atoms with Crippen molar-refractivity contribution in [1.29, 1.82) is 0 Å². The number of halogens is 1. The zero-order chi connectivity index (χ0) is 6.69. The molecule has 0 fully saturated rings. The smallest absolute Gasteiger partial charge is 0.299 e. The third-order valence-corrected chi connectivity index (χ3v) is 1.99. The molecule has 0 N–H and O–H groups in total. The minimum absolute atomic E-state index is 0.375. The van der Waals surface area contributed by atoms with E-state index in [1.165, 1.54) is 17.5 Å². The Morgan fingerprint density at radius 3 is 3.11 bits per heavy atom. The fourth-order valence-corrected chi connectivity index (χ4v) is 1.39. The summed E-state index contributed by atoms with van der Waals surface area (Å²) in [5.74, 6) is 0. The number of hydrogen-bond acceptors (Lipinski definition) is 4. The standard InChI is InChI=1S/C4H2BrNO2S/c5-4-6-1-3(9-4)8-2-7/h1-2H. The second-order valence-electron chi connectivity index (χ2n) is 1.15. The van der Waals surface area contributed by atoms with Crippen molar-refractivity contribution >= 4 is 33.7 Å². The van der Waals surface area contributed by atoms with Crippen LogP contribution in [0, 0.1) is 0 Å². The molecule has 1 heterocycles. The molecule has 0 aliphatic rings. The van der Waals surface area contributed by atoms with Gasteiger partial charge in [-0.2, -0.15) is 0 Å². The van der Waals surface area contributed by atoms with Gasteiger partial charge in [-0.05, 0) is 15.9 Å². The van der Waals surface area contributed by atoms with Crippen LogP contribution in [0.1, 0.15) is 0 Å². The second-order valence-corrected chi connectivity index (χ2v) is 3.42. The van der Waals surface area contributed by atoms with Gasteiger partial charge < -0.3 is 4.74 Å². The Morgan fingerprint density at radius 1 is 1.89 bits per heavy atom. The molecule has 0 saturated carbocycles. The third-order valence-electron chi connectivity index (χ3n) is 0.621. The van der Waals surface area contributed by atoms with Crippen molar-refractivity contribution in [2.24, 2.45) is 0 Å². The number of nitrogens with zero attached hydrogens (tertiary/aromatic N) is 1. The summed E-state index contributed by atoms with van der Waals surface area (Å²) < 4.78 is 5.18. The first-order valence-corrected chi connectivity index (χ1v) is 3.65. The van der Waals surface area contributed by atoms with Gasteiger partial charge in [0.25, 0.3) is 6.47 Å². The van der Waals surface area contributed by atoms with Gasteiger partial charge in [0.05, 0.1) is 6.20 Å². The van der Waals surface area contributed by atoms with Crippen LogP contribution in [-0.4, -0.2) is 11.5 Å². The molecular weight excluding hydrogens is 206 g/mol. The molecule has 1 aromatic rings. The number of carbonyl (C=O) groups excluding carboxylic acids is 1. The number of ether oxygens (including phenoxy) is 1. The summed E-state index contributed by atoms with van der Waals surface area (Å²) in [6, 6.07) is 0. The van der Waals surface area contributed by atoms with Gasteiger partial charge in [0.2, 0.25) is 5.06 Å². The maximum atomic E-state index is 9.72. The Hall–Kier alpha value is -0.420. The van der Waals surface area contributed by atoms with Crippen LogP contribution in [-0.2, 0) is 4.79 Å². The number of rotatable bonds is 2. The van der Waals surface area contributed by atoms with Crippen LogP contribution in [0.2, 0.25) is 0 Å². The molecular formula is C4H2BrNO2S. The van der Waals surface area contributed by atoms with Crippen LogP contribution in [0.15, 0.2) is 10.1 Å². The molecule has 0 aromatic carbocycles. The van der Waals surface area contributed by atoms with Gasteiger partial charge in [0.15, 0.2) is 3.92 Å². The summed E-state index contributed by atoms with van der Waals surface area (Å²) in [7, 11) is 0.